The Kier molecular flexibility index (Phi) is 5.98. The number of carbonyl (C=O) groups is 1. The van der Waals surface area contributed by atoms with Gasteiger partial charge in [0.25, 0.3) is 0 Å². The molecule has 3 nitrogen and oxygen atoms in total. The van der Waals surface area contributed by atoms with Crippen LogP contribution in [-0.4, -0.2) is 18.5 Å². The number of nitrogens with one attached hydrogen (secondary N) is 1. The quantitative estimate of drug-likeness (QED) is 0.637. The summed E-state index contributed by atoms with van der Waals surface area (Å²) in [4.78, 5) is 11.6. The summed E-state index contributed by atoms with van der Waals surface area (Å²) in [6, 6.07) is -0.219. The number of hydrogen-bond donors (Lipinski definition) is 2. The van der Waals surface area contributed by atoms with Gasteiger partial charge in [-0.15, -0.1) is 6.42 Å². The second kappa shape index (κ2) is 6.44. The lowest BCUT2D eigenvalue weighted by atomic mass is 9.96. The Bertz CT molecular complexity index is 218. The predicted octanol–water partition coefficient (Wildman–Crippen LogP) is 0.745. The fourth-order valence-electron chi connectivity index (χ4n) is 1.25. The van der Waals surface area contributed by atoms with Crippen molar-refractivity contribution >= 4 is 5.91 Å². The molecular weight excluding hydrogens is 176 g/mol. The summed E-state index contributed by atoms with van der Waals surface area (Å²) >= 11 is 0. The lowest BCUT2D eigenvalue weighted by Gasteiger charge is -2.17. The van der Waals surface area contributed by atoms with Crippen LogP contribution in [0.2, 0.25) is 0 Å². The molecule has 0 aromatic rings. The molecule has 0 aliphatic carbocycles. The van der Waals surface area contributed by atoms with Crippen LogP contribution >= 0.6 is 0 Å². The number of rotatable bonds is 5. The van der Waals surface area contributed by atoms with E-state index in [1.165, 1.54) is 0 Å². The number of nitrogens with two attached hydrogens (primary N) is 1. The van der Waals surface area contributed by atoms with Gasteiger partial charge in [0.2, 0.25) is 5.91 Å². The molecule has 3 N–H and O–H groups in total. The molecule has 0 saturated heterocycles. The van der Waals surface area contributed by atoms with E-state index in [0.29, 0.717) is 12.5 Å². The van der Waals surface area contributed by atoms with Crippen molar-refractivity contribution < 1.29 is 4.79 Å². The molecule has 0 aliphatic heterocycles. The molecule has 80 valence electrons. The van der Waals surface area contributed by atoms with Crippen molar-refractivity contribution in [3.8, 4) is 12.3 Å². The Morgan fingerprint density at radius 1 is 1.50 bits per heavy atom. The summed E-state index contributed by atoms with van der Waals surface area (Å²) in [7, 11) is 0. The molecule has 0 radical (unpaired) electrons. The maximum atomic E-state index is 11.6. The minimum Gasteiger partial charge on any atom is -0.342 e. The van der Waals surface area contributed by atoms with Gasteiger partial charge < -0.3 is 11.1 Å². The van der Waals surface area contributed by atoms with Crippen molar-refractivity contribution in [3.05, 3.63) is 0 Å². The van der Waals surface area contributed by atoms with Gasteiger partial charge in [0.05, 0.1) is 12.0 Å². The molecule has 0 heterocycles. The zero-order valence-electron chi connectivity index (χ0n) is 9.21. The first-order valence-corrected chi connectivity index (χ1v) is 4.97. The van der Waals surface area contributed by atoms with Gasteiger partial charge in [-0.25, -0.2) is 0 Å². The Labute approximate surface area is 86.4 Å². The number of terminal acetylenes is 1. The molecule has 0 aromatic heterocycles. The number of carbonyl (C=O) groups excluding carboxylic acids is 1. The van der Waals surface area contributed by atoms with Crippen molar-refractivity contribution in [2.24, 2.45) is 17.6 Å². The van der Waals surface area contributed by atoms with E-state index >= 15 is 0 Å². The normalized spacial score (nSPS) is 14.6. The maximum Gasteiger partial charge on any atom is 0.225 e. The Hall–Kier alpha value is -1.01. The average molecular weight is 196 g/mol. The highest BCUT2D eigenvalue weighted by molar-refractivity contribution is 5.79. The molecule has 0 bridgehead atoms. The van der Waals surface area contributed by atoms with Gasteiger partial charge in [0.15, 0.2) is 0 Å². The third-order valence-electron chi connectivity index (χ3n) is 2.02. The monoisotopic (exact) mass is 196 g/mol. The molecule has 1 amide bonds. The SMILES string of the molecule is C#CC(C)NC(=O)C(CN)CC(C)C. The second-order valence-electron chi connectivity index (χ2n) is 3.96. The van der Waals surface area contributed by atoms with Crippen molar-refractivity contribution in [2.45, 2.75) is 33.2 Å². The smallest absolute Gasteiger partial charge is 0.225 e. The Balaban J connectivity index is 4.12. The summed E-state index contributed by atoms with van der Waals surface area (Å²) < 4.78 is 0. The van der Waals surface area contributed by atoms with E-state index in [1.807, 2.05) is 0 Å². The summed E-state index contributed by atoms with van der Waals surface area (Å²) in [5.41, 5.74) is 5.53. The molecule has 2 unspecified atom stereocenters. The van der Waals surface area contributed by atoms with Crippen LogP contribution < -0.4 is 11.1 Å². The topological polar surface area (TPSA) is 55.1 Å². The van der Waals surface area contributed by atoms with Crippen LogP contribution in [-0.2, 0) is 4.79 Å². The van der Waals surface area contributed by atoms with Crippen LogP contribution in [0.5, 0.6) is 0 Å². The standard InChI is InChI=1S/C11H20N2O/c1-5-9(4)13-11(14)10(7-12)6-8(2)3/h1,8-10H,6-7,12H2,2-4H3,(H,13,14). The van der Waals surface area contributed by atoms with E-state index in [4.69, 9.17) is 12.2 Å². The third-order valence-corrected chi connectivity index (χ3v) is 2.02. The van der Waals surface area contributed by atoms with Crippen molar-refractivity contribution in [2.75, 3.05) is 6.54 Å². The molecule has 0 spiro atoms. The summed E-state index contributed by atoms with van der Waals surface area (Å²) in [5, 5.41) is 2.73. The second-order valence-corrected chi connectivity index (χ2v) is 3.96. The van der Waals surface area contributed by atoms with E-state index in [-0.39, 0.29) is 17.9 Å². The molecule has 0 aromatic carbocycles. The fraction of sp³-hybridized carbons (Fsp3) is 0.727. The van der Waals surface area contributed by atoms with Crippen LogP contribution in [0.15, 0.2) is 0 Å². The molecule has 14 heavy (non-hydrogen) atoms. The van der Waals surface area contributed by atoms with Gasteiger partial charge in [0, 0.05) is 6.54 Å². The molecule has 2 atom stereocenters. The van der Waals surface area contributed by atoms with Crippen LogP contribution in [0.25, 0.3) is 0 Å². The number of amides is 1. The van der Waals surface area contributed by atoms with E-state index < -0.39 is 0 Å². The number of hydrogen-bond acceptors (Lipinski definition) is 2. The first-order chi connectivity index (χ1) is 6.51. The van der Waals surface area contributed by atoms with Crippen molar-refractivity contribution in [1.82, 2.24) is 5.32 Å². The molecular formula is C11H20N2O. The highest BCUT2D eigenvalue weighted by atomic mass is 16.1. The first kappa shape index (κ1) is 13.0. The molecule has 0 rings (SSSR count). The minimum atomic E-state index is -0.219. The average Bonchev–Trinajstić information content (AvgIpc) is 2.13. The van der Waals surface area contributed by atoms with Gasteiger partial charge in [-0.3, -0.25) is 4.79 Å². The molecule has 0 fully saturated rings. The summed E-state index contributed by atoms with van der Waals surface area (Å²) in [6.45, 7) is 6.29. The first-order valence-electron chi connectivity index (χ1n) is 4.97. The highest BCUT2D eigenvalue weighted by Crippen LogP contribution is 2.10. The minimum absolute atomic E-state index is 0.0355. The van der Waals surface area contributed by atoms with E-state index in [9.17, 15) is 4.79 Å². The van der Waals surface area contributed by atoms with Gasteiger partial charge in [0.1, 0.15) is 0 Å². The third kappa shape index (κ3) is 4.88. The van der Waals surface area contributed by atoms with Gasteiger partial charge in [-0.05, 0) is 19.3 Å². The van der Waals surface area contributed by atoms with E-state index in [1.54, 1.807) is 6.92 Å². The Morgan fingerprint density at radius 2 is 2.07 bits per heavy atom. The largest absolute Gasteiger partial charge is 0.342 e. The van der Waals surface area contributed by atoms with Gasteiger partial charge >= 0.3 is 0 Å². The lowest BCUT2D eigenvalue weighted by Crippen LogP contribution is -2.39. The van der Waals surface area contributed by atoms with Crippen LogP contribution in [0.4, 0.5) is 0 Å². The molecule has 0 saturated carbocycles. The summed E-state index contributed by atoms with van der Waals surface area (Å²) in [6.07, 6.45) is 5.97. The molecule has 3 heteroatoms. The van der Waals surface area contributed by atoms with E-state index in [0.717, 1.165) is 6.42 Å². The van der Waals surface area contributed by atoms with Gasteiger partial charge in [-0.1, -0.05) is 19.8 Å². The zero-order chi connectivity index (χ0) is 11.1. The maximum absolute atomic E-state index is 11.6. The Morgan fingerprint density at radius 3 is 2.43 bits per heavy atom. The lowest BCUT2D eigenvalue weighted by molar-refractivity contribution is -0.125. The zero-order valence-corrected chi connectivity index (χ0v) is 9.21. The van der Waals surface area contributed by atoms with Crippen molar-refractivity contribution in [1.29, 1.82) is 0 Å². The predicted molar refractivity (Wildman–Crippen MR) is 58.4 cm³/mol. The highest BCUT2D eigenvalue weighted by Gasteiger charge is 2.18. The van der Waals surface area contributed by atoms with Crippen LogP contribution in [0.3, 0.4) is 0 Å². The van der Waals surface area contributed by atoms with Gasteiger partial charge in [-0.2, -0.15) is 0 Å². The summed E-state index contributed by atoms with van der Waals surface area (Å²) in [5.74, 6) is 2.77. The van der Waals surface area contributed by atoms with E-state index in [2.05, 4.69) is 25.1 Å². The van der Waals surface area contributed by atoms with Crippen molar-refractivity contribution in [3.63, 3.8) is 0 Å². The van der Waals surface area contributed by atoms with Crippen LogP contribution in [0.1, 0.15) is 27.2 Å². The fourth-order valence-corrected chi connectivity index (χ4v) is 1.25. The molecule has 0 aliphatic rings. The van der Waals surface area contributed by atoms with Crippen LogP contribution in [0, 0.1) is 24.2 Å².